The number of hydrogen-bond acceptors (Lipinski definition) is 2. The highest BCUT2D eigenvalue weighted by molar-refractivity contribution is 9.10. The Morgan fingerprint density at radius 3 is 2.82 bits per heavy atom. The van der Waals surface area contributed by atoms with Gasteiger partial charge in [-0.1, -0.05) is 12.1 Å². The first kappa shape index (κ1) is 9.89. The largest absolute Gasteiger partial charge is 0.369 e. The van der Waals surface area contributed by atoms with Gasteiger partial charge in [0.2, 0.25) is 0 Å². The number of aromatic nitrogens is 1. The number of nitrogens with zero attached hydrogens (tertiary/aromatic N) is 2. The lowest BCUT2D eigenvalue weighted by atomic mass is 9.95. The van der Waals surface area contributed by atoms with Crippen molar-refractivity contribution >= 4 is 32.5 Å². The Hall–Kier alpha value is -1.09. The highest BCUT2D eigenvalue weighted by atomic mass is 79.9. The van der Waals surface area contributed by atoms with Crippen LogP contribution in [-0.4, -0.2) is 18.1 Å². The van der Waals surface area contributed by atoms with Crippen molar-refractivity contribution in [3.8, 4) is 0 Å². The minimum absolute atomic E-state index is 0.692. The molecular weight excluding hydrogens is 276 g/mol. The lowest BCUT2D eigenvalue weighted by Gasteiger charge is -2.42. The summed E-state index contributed by atoms with van der Waals surface area (Å²) in [5, 5.41) is 1.22. The lowest BCUT2D eigenvalue weighted by Crippen LogP contribution is -2.48. The predicted molar refractivity (Wildman–Crippen MR) is 73.3 cm³/mol. The third-order valence-corrected chi connectivity index (χ3v) is 4.44. The maximum Gasteiger partial charge on any atom is 0.0936 e. The van der Waals surface area contributed by atoms with E-state index in [1.165, 1.54) is 37.0 Å². The zero-order chi connectivity index (χ0) is 11.5. The number of hydrogen-bond donors (Lipinski definition) is 0. The second-order valence-corrected chi connectivity index (χ2v) is 6.27. The van der Waals surface area contributed by atoms with Crippen molar-refractivity contribution in [3.05, 3.63) is 34.9 Å². The molecule has 2 aromatic rings. The van der Waals surface area contributed by atoms with Crippen LogP contribution >= 0.6 is 15.9 Å². The van der Waals surface area contributed by atoms with Crippen molar-refractivity contribution in [3.63, 3.8) is 0 Å². The molecule has 0 radical (unpaired) electrons. The number of fused-ring (bicyclic) bond motifs is 1. The molecule has 1 saturated carbocycles. The fourth-order valence-corrected chi connectivity index (χ4v) is 3.15. The Bertz CT molecular complexity index is 596. The monoisotopic (exact) mass is 288 g/mol. The number of benzene rings is 1. The van der Waals surface area contributed by atoms with E-state index in [0.29, 0.717) is 5.41 Å². The zero-order valence-corrected chi connectivity index (χ0v) is 11.1. The molecule has 1 aromatic heterocycles. The van der Waals surface area contributed by atoms with E-state index in [4.69, 9.17) is 0 Å². The van der Waals surface area contributed by atoms with Gasteiger partial charge in [0, 0.05) is 34.6 Å². The Morgan fingerprint density at radius 1 is 1.24 bits per heavy atom. The van der Waals surface area contributed by atoms with E-state index in [1.807, 2.05) is 6.20 Å². The molecule has 1 aliphatic carbocycles. The summed E-state index contributed by atoms with van der Waals surface area (Å²) < 4.78 is 1.05. The number of anilines is 1. The van der Waals surface area contributed by atoms with Crippen molar-refractivity contribution in [2.75, 3.05) is 18.0 Å². The fraction of sp³-hybridized carbons (Fsp3) is 0.357. The van der Waals surface area contributed by atoms with Gasteiger partial charge in [-0.2, -0.15) is 0 Å². The van der Waals surface area contributed by atoms with Gasteiger partial charge in [-0.3, -0.25) is 4.98 Å². The van der Waals surface area contributed by atoms with Crippen molar-refractivity contribution in [2.45, 2.75) is 12.8 Å². The molecule has 2 aliphatic rings. The quantitative estimate of drug-likeness (QED) is 0.797. The molecule has 17 heavy (non-hydrogen) atoms. The number of pyridine rings is 1. The molecule has 3 heteroatoms. The molecule has 0 unspecified atom stereocenters. The first-order valence-electron chi connectivity index (χ1n) is 6.05. The summed E-state index contributed by atoms with van der Waals surface area (Å²) in [6.45, 7) is 2.45. The molecule has 86 valence electrons. The highest BCUT2D eigenvalue weighted by Gasteiger charge is 2.52. The summed E-state index contributed by atoms with van der Waals surface area (Å²) >= 11 is 3.48. The van der Waals surface area contributed by atoms with Crippen LogP contribution in [0.3, 0.4) is 0 Å². The summed E-state index contributed by atoms with van der Waals surface area (Å²) in [4.78, 5) is 7.03. The van der Waals surface area contributed by atoms with E-state index in [2.05, 4.69) is 50.1 Å². The fourth-order valence-electron chi connectivity index (χ4n) is 2.80. The maximum absolute atomic E-state index is 4.56. The predicted octanol–water partition coefficient (Wildman–Crippen LogP) is 3.60. The van der Waals surface area contributed by atoms with Crippen LogP contribution in [0.1, 0.15) is 12.8 Å². The van der Waals surface area contributed by atoms with Crippen LogP contribution in [0.5, 0.6) is 0 Å². The van der Waals surface area contributed by atoms with Crippen molar-refractivity contribution < 1.29 is 0 Å². The van der Waals surface area contributed by atoms with E-state index in [1.54, 1.807) is 0 Å². The topological polar surface area (TPSA) is 16.1 Å². The average molecular weight is 289 g/mol. The Morgan fingerprint density at radius 2 is 2.06 bits per heavy atom. The van der Waals surface area contributed by atoms with Crippen molar-refractivity contribution in [1.29, 1.82) is 0 Å². The smallest absolute Gasteiger partial charge is 0.0936 e. The normalized spacial score (nSPS) is 20.6. The van der Waals surface area contributed by atoms with Crippen LogP contribution in [0.2, 0.25) is 0 Å². The Labute approximate surface area is 109 Å². The van der Waals surface area contributed by atoms with Crippen LogP contribution in [0, 0.1) is 5.41 Å². The minimum atomic E-state index is 0.692. The van der Waals surface area contributed by atoms with Crippen LogP contribution in [-0.2, 0) is 0 Å². The van der Waals surface area contributed by atoms with Crippen molar-refractivity contribution in [1.82, 2.24) is 4.98 Å². The van der Waals surface area contributed by atoms with E-state index >= 15 is 0 Å². The van der Waals surface area contributed by atoms with Crippen LogP contribution in [0.15, 0.2) is 34.9 Å². The second-order valence-electron chi connectivity index (χ2n) is 5.36. The van der Waals surface area contributed by atoms with Gasteiger partial charge in [-0.15, -0.1) is 0 Å². The summed E-state index contributed by atoms with van der Waals surface area (Å²) in [7, 11) is 0. The summed E-state index contributed by atoms with van der Waals surface area (Å²) in [5.41, 5.74) is 3.12. The average Bonchev–Trinajstić information content (AvgIpc) is 3.06. The van der Waals surface area contributed by atoms with Gasteiger partial charge in [0.1, 0.15) is 0 Å². The lowest BCUT2D eigenvalue weighted by molar-refractivity contribution is 0.388. The highest BCUT2D eigenvalue weighted by Crippen LogP contribution is 2.54. The maximum atomic E-state index is 4.56. The van der Waals surface area contributed by atoms with Gasteiger partial charge >= 0.3 is 0 Å². The molecule has 1 saturated heterocycles. The number of para-hydroxylation sites is 1. The molecule has 4 rings (SSSR count). The van der Waals surface area contributed by atoms with Gasteiger partial charge < -0.3 is 4.90 Å². The second kappa shape index (κ2) is 3.22. The van der Waals surface area contributed by atoms with E-state index in [9.17, 15) is 0 Å². The molecular formula is C14H13BrN2. The van der Waals surface area contributed by atoms with Gasteiger partial charge in [0.05, 0.1) is 11.2 Å². The standard InChI is InChI=1S/C14H13BrN2/c15-11-6-10-2-1-3-12(13(10)16-7-11)17-8-14(9-17)4-5-14/h1-3,6-7H,4-5,8-9H2. The summed E-state index contributed by atoms with van der Waals surface area (Å²) in [6.07, 6.45) is 4.74. The molecule has 1 aromatic carbocycles. The summed E-state index contributed by atoms with van der Waals surface area (Å²) in [5.74, 6) is 0. The van der Waals surface area contributed by atoms with Crippen LogP contribution < -0.4 is 4.90 Å². The van der Waals surface area contributed by atoms with E-state index in [-0.39, 0.29) is 0 Å². The van der Waals surface area contributed by atoms with Gasteiger partial charge in [-0.05, 0) is 40.9 Å². The first-order chi connectivity index (χ1) is 8.26. The SMILES string of the molecule is Brc1cnc2c(N3CC4(CC4)C3)cccc2c1. The molecule has 2 nitrogen and oxygen atoms in total. The zero-order valence-electron chi connectivity index (χ0n) is 9.49. The van der Waals surface area contributed by atoms with Crippen LogP contribution in [0.25, 0.3) is 10.9 Å². The third-order valence-electron chi connectivity index (χ3n) is 4.01. The molecule has 0 bridgehead atoms. The molecule has 1 aliphatic heterocycles. The summed E-state index contributed by atoms with van der Waals surface area (Å²) in [6, 6.07) is 8.59. The molecule has 0 amide bonds. The van der Waals surface area contributed by atoms with Gasteiger partial charge in [-0.25, -0.2) is 0 Å². The molecule has 2 heterocycles. The van der Waals surface area contributed by atoms with Gasteiger partial charge in [0.15, 0.2) is 0 Å². The molecule has 1 spiro atoms. The van der Waals surface area contributed by atoms with Crippen LogP contribution in [0.4, 0.5) is 5.69 Å². The number of rotatable bonds is 1. The van der Waals surface area contributed by atoms with E-state index < -0.39 is 0 Å². The first-order valence-corrected chi connectivity index (χ1v) is 6.84. The van der Waals surface area contributed by atoms with E-state index in [0.717, 1.165) is 9.99 Å². The third kappa shape index (κ3) is 1.48. The van der Waals surface area contributed by atoms with Gasteiger partial charge in [0.25, 0.3) is 0 Å². The Balaban J connectivity index is 1.79. The molecule has 0 atom stereocenters. The molecule has 2 fully saturated rings. The Kier molecular flexibility index (Phi) is 1.88. The molecule has 0 N–H and O–H groups in total. The number of halogens is 1. The van der Waals surface area contributed by atoms with Crippen molar-refractivity contribution in [2.24, 2.45) is 5.41 Å². The minimum Gasteiger partial charge on any atom is -0.369 e.